The van der Waals surface area contributed by atoms with E-state index in [9.17, 15) is 4.79 Å². The minimum absolute atomic E-state index is 0.159. The van der Waals surface area contributed by atoms with Crippen molar-refractivity contribution in [2.24, 2.45) is 0 Å². The van der Waals surface area contributed by atoms with Gasteiger partial charge in [-0.2, -0.15) is 0 Å². The lowest BCUT2D eigenvalue weighted by Crippen LogP contribution is -2.15. The van der Waals surface area contributed by atoms with Crippen LogP contribution in [0.1, 0.15) is 25.0 Å². The summed E-state index contributed by atoms with van der Waals surface area (Å²) < 4.78 is 6.69. The third-order valence-corrected chi connectivity index (χ3v) is 2.43. The van der Waals surface area contributed by atoms with Crippen LogP contribution in [0.25, 0.3) is 0 Å². The maximum absolute atomic E-state index is 10.4. The molecule has 11 heavy (non-hydrogen) atoms. The minimum atomic E-state index is -0.768. The summed E-state index contributed by atoms with van der Waals surface area (Å²) in [5, 5.41) is 5.21. The number of nitrogens with one attached hydrogen (secondary N) is 1. The number of amides is 1. The van der Waals surface area contributed by atoms with E-state index in [2.05, 4.69) is 10.3 Å². The standard InChI is InChI=1S/C7H10N2OS/c1-5-3-11-7(9-5)6(2)8-4-10/h3-4,6H,1-2H3,(H,8,10)/i4D. The van der Waals surface area contributed by atoms with Gasteiger partial charge in [0.25, 0.3) is 0 Å². The van der Waals surface area contributed by atoms with E-state index < -0.39 is 6.39 Å². The van der Waals surface area contributed by atoms with Crippen LogP contribution in [-0.4, -0.2) is 11.4 Å². The van der Waals surface area contributed by atoms with Crippen LogP contribution in [-0.2, 0) is 4.79 Å². The average Bonchev–Trinajstić information content (AvgIpc) is 2.34. The Bertz CT molecular complexity index is 287. The van der Waals surface area contributed by atoms with E-state index in [1.165, 1.54) is 11.3 Å². The molecule has 0 fully saturated rings. The van der Waals surface area contributed by atoms with Crippen LogP contribution in [0.15, 0.2) is 5.38 Å². The monoisotopic (exact) mass is 171 g/mol. The highest BCUT2D eigenvalue weighted by molar-refractivity contribution is 7.09. The molecule has 3 nitrogen and oxygen atoms in total. The third-order valence-electron chi connectivity index (χ3n) is 1.28. The highest BCUT2D eigenvalue weighted by atomic mass is 32.1. The second kappa shape index (κ2) is 3.48. The molecule has 4 heteroatoms. The number of hydrogen-bond acceptors (Lipinski definition) is 3. The van der Waals surface area contributed by atoms with Gasteiger partial charge in [0.2, 0.25) is 6.39 Å². The number of thiazole rings is 1. The molecule has 1 N–H and O–H groups in total. The number of hydrogen-bond donors (Lipinski definition) is 1. The smallest absolute Gasteiger partial charge is 0.207 e. The molecule has 1 aromatic heterocycles. The van der Waals surface area contributed by atoms with Gasteiger partial charge in [-0.05, 0) is 13.8 Å². The van der Waals surface area contributed by atoms with E-state index in [1.54, 1.807) is 0 Å². The van der Waals surface area contributed by atoms with Gasteiger partial charge in [-0.1, -0.05) is 0 Å². The molecule has 1 atom stereocenters. The van der Waals surface area contributed by atoms with Gasteiger partial charge in [-0.25, -0.2) is 4.98 Å². The molecule has 1 unspecified atom stereocenters. The van der Waals surface area contributed by atoms with Crippen molar-refractivity contribution in [3.8, 4) is 0 Å². The van der Waals surface area contributed by atoms with E-state index in [0.29, 0.717) is 0 Å². The Morgan fingerprint density at radius 3 is 3.18 bits per heavy atom. The fourth-order valence-electron chi connectivity index (χ4n) is 0.721. The highest BCUT2D eigenvalue weighted by Gasteiger charge is 2.06. The first-order chi connectivity index (χ1) is 5.59. The number of nitrogens with zero attached hydrogens (tertiary/aromatic N) is 1. The van der Waals surface area contributed by atoms with Crippen LogP contribution < -0.4 is 5.32 Å². The Hall–Kier alpha value is -0.900. The first kappa shape index (κ1) is 6.79. The van der Waals surface area contributed by atoms with Gasteiger partial charge in [0.15, 0.2) is 0 Å². The first-order valence-corrected chi connectivity index (χ1v) is 4.16. The number of carbonyl (C=O) groups is 1. The number of rotatable bonds is 2. The fourth-order valence-corrected chi connectivity index (χ4v) is 1.52. The summed E-state index contributed by atoms with van der Waals surface area (Å²) in [5.41, 5.74) is 0.945. The molecule has 0 saturated carbocycles. The number of carbonyl (C=O) groups excluding carboxylic acids is 1. The predicted molar refractivity (Wildman–Crippen MR) is 44.5 cm³/mol. The summed E-state index contributed by atoms with van der Waals surface area (Å²) in [6.07, 6.45) is -0.768. The predicted octanol–water partition coefficient (Wildman–Crippen LogP) is 1.26. The van der Waals surface area contributed by atoms with Crippen LogP contribution in [0, 0.1) is 6.92 Å². The normalized spacial score (nSPS) is 13.8. The molecule has 1 rings (SSSR count). The second-order valence-corrected chi connectivity index (χ2v) is 3.18. The van der Waals surface area contributed by atoms with E-state index in [0.717, 1.165) is 10.7 Å². The molecule has 1 heterocycles. The highest BCUT2D eigenvalue weighted by Crippen LogP contribution is 2.16. The quantitative estimate of drug-likeness (QED) is 0.681. The molecule has 0 aromatic carbocycles. The molecule has 0 bridgehead atoms. The van der Waals surface area contributed by atoms with Crippen LogP contribution in [0.3, 0.4) is 0 Å². The lowest BCUT2D eigenvalue weighted by molar-refractivity contribution is -0.110. The lowest BCUT2D eigenvalue weighted by Gasteiger charge is -2.04. The molecular formula is C7H10N2OS. The summed E-state index contributed by atoms with van der Waals surface area (Å²) in [4.78, 5) is 14.6. The molecule has 1 aromatic rings. The van der Waals surface area contributed by atoms with Crippen molar-refractivity contribution in [3.05, 3.63) is 16.1 Å². The number of aryl methyl sites for hydroxylation is 1. The maximum Gasteiger partial charge on any atom is 0.207 e. The van der Waals surface area contributed by atoms with Gasteiger partial charge in [-0.3, -0.25) is 4.79 Å². The van der Waals surface area contributed by atoms with Crippen LogP contribution in [0.2, 0.25) is 0 Å². The molecule has 0 aliphatic heterocycles. The largest absolute Gasteiger partial charge is 0.350 e. The zero-order valence-electron chi connectivity index (χ0n) is 7.42. The first-order valence-electron chi connectivity index (χ1n) is 3.78. The van der Waals surface area contributed by atoms with E-state index >= 15 is 0 Å². The number of aromatic nitrogens is 1. The van der Waals surface area contributed by atoms with Crippen molar-refractivity contribution in [2.75, 3.05) is 0 Å². The molecular weight excluding hydrogens is 160 g/mol. The molecule has 0 saturated heterocycles. The zero-order chi connectivity index (χ0) is 9.14. The minimum Gasteiger partial charge on any atom is -0.350 e. The van der Waals surface area contributed by atoms with E-state index in [-0.39, 0.29) is 6.04 Å². The zero-order valence-corrected chi connectivity index (χ0v) is 7.23. The Balaban J connectivity index is 2.64. The fraction of sp³-hybridized carbons (Fsp3) is 0.429. The molecule has 0 radical (unpaired) electrons. The van der Waals surface area contributed by atoms with Crippen LogP contribution >= 0.6 is 11.3 Å². The van der Waals surface area contributed by atoms with Crippen molar-refractivity contribution >= 4 is 17.7 Å². The summed E-state index contributed by atoms with van der Waals surface area (Å²) in [7, 11) is 0. The van der Waals surface area contributed by atoms with Crippen molar-refractivity contribution < 1.29 is 6.17 Å². The molecule has 0 aliphatic carbocycles. The topological polar surface area (TPSA) is 42.0 Å². The Labute approximate surface area is 70.9 Å². The third kappa shape index (κ3) is 2.01. The Kier molecular flexibility index (Phi) is 2.15. The average molecular weight is 171 g/mol. The summed E-state index contributed by atoms with van der Waals surface area (Å²) >= 11 is 1.49. The van der Waals surface area contributed by atoms with Gasteiger partial charge < -0.3 is 5.32 Å². The SMILES string of the molecule is [2H]C(=O)NC(C)c1nc(C)cs1. The second-order valence-electron chi connectivity index (χ2n) is 2.30. The van der Waals surface area contributed by atoms with Crippen LogP contribution in [0.5, 0.6) is 0 Å². The van der Waals surface area contributed by atoms with Gasteiger partial charge in [0.1, 0.15) is 6.38 Å². The molecule has 60 valence electrons. The molecule has 0 aliphatic rings. The van der Waals surface area contributed by atoms with Crippen LogP contribution in [0.4, 0.5) is 0 Å². The maximum atomic E-state index is 10.4. The van der Waals surface area contributed by atoms with Gasteiger partial charge in [0, 0.05) is 11.1 Å². The Morgan fingerprint density at radius 2 is 2.73 bits per heavy atom. The van der Waals surface area contributed by atoms with Crippen molar-refractivity contribution in [2.45, 2.75) is 19.9 Å². The molecule has 1 amide bonds. The summed E-state index contributed by atoms with van der Waals surface area (Å²) in [5.74, 6) is 0. The van der Waals surface area contributed by atoms with Gasteiger partial charge in [-0.15, -0.1) is 11.3 Å². The summed E-state index contributed by atoms with van der Waals surface area (Å²) in [6.45, 7) is 3.71. The van der Waals surface area contributed by atoms with Crippen molar-refractivity contribution in [1.29, 1.82) is 0 Å². The van der Waals surface area contributed by atoms with Gasteiger partial charge in [0.05, 0.1) is 6.04 Å². The lowest BCUT2D eigenvalue weighted by atomic mass is 10.4. The van der Waals surface area contributed by atoms with E-state index in [1.807, 2.05) is 19.2 Å². The molecule has 0 spiro atoms. The summed E-state index contributed by atoms with van der Waals surface area (Å²) in [6, 6.07) is -0.159. The van der Waals surface area contributed by atoms with Gasteiger partial charge >= 0.3 is 0 Å². The Morgan fingerprint density at radius 1 is 2.00 bits per heavy atom. The van der Waals surface area contributed by atoms with Crippen molar-refractivity contribution in [3.63, 3.8) is 0 Å². The van der Waals surface area contributed by atoms with E-state index in [4.69, 9.17) is 1.37 Å². The van der Waals surface area contributed by atoms with Crippen molar-refractivity contribution in [1.82, 2.24) is 10.3 Å².